The van der Waals surface area contributed by atoms with Gasteiger partial charge in [0.1, 0.15) is 0 Å². The van der Waals surface area contributed by atoms with E-state index in [1.807, 2.05) is 0 Å². The molecule has 0 aliphatic carbocycles. The molecule has 1 aromatic heterocycles. The highest BCUT2D eigenvalue weighted by molar-refractivity contribution is 7.86. The molecule has 0 aromatic carbocycles. The molecule has 8 heteroatoms. The first-order valence-electron chi connectivity index (χ1n) is 5.44. The number of nitrogens with one attached hydrogen (secondary N) is 1. The van der Waals surface area contributed by atoms with E-state index in [1.54, 1.807) is 43.9 Å². The summed E-state index contributed by atoms with van der Waals surface area (Å²) in [4.78, 5) is 8.20. The normalized spacial score (nSPS) is 17.7. The molecule has 2 heterocycles. The Bertz CT molecular complexity index is 662. The summed E-state index contributed by atoms with van der Waals surface area (Å²) in [6.07, 6.45) is 8.33. The van der Waals surface area contributed by atoms with Gasteiger partial charge >= 0.3 is 0 Å². The topological polar surface area (TPSA) is 95.2 Å². The molecule has 0 amide bonds. The number of hydrazone groups is 1. The number of rotatable bonds is 3. The molecule has 1 aliphatic heterocycles. The number of nitrogens with zero attached hydrogens (tertiary/aromatic N) is 3. The third-order valence-electron chi connectivity index (χ3n) is 2.39. The summed E-state index contributed by atoms with van der Waals surface area (Å²) in [5.74, 6) is 0.133. The largest absolute Gasteiger partial charge is 0.285 e. The number of hydrazine groups is 1. The quantitative estimate of drug-likeness (QED) is 0.607. The molecule has 0 atom stereocenters. The van der Waals surface area contributed by atoms with Crippen LogP contribution < -0.4 is 5.43 Å². The van der Waals surface area contributed by atoms with Gasteiger partial charge in [0.25, 0.3) is 10.1 Å². The lowest BCUT2D eigenvalue weighted by molar-refractivity contribution is -0.512. The van der Waals surface area contributed by atoms with Gasteiger partial charge in [0, 0.05) is 31.0 Å². The van der Waals surface area contributed by atoms with Gasteiger partial charge in [-0.1, -0.05) is 4.68 Å². The molecule has 0 spiro atoms. The van der Waals surface area contributed by atoms with E-state index in [1.165, 1.54) is 4.68 Å². The highest BCUT2D eigenvalue weighted by atomic mass is 32.2. The molecule has 0 radical (unpaired) electrons. The second kappa shape index (κ2) is 5.29. The van der Waals surface area contributed by atoms with E-state index in [0.717, 1.165) is 5.57 Å². The maximum atomic E-state index is 10.8. The zero-order chi connectivity index (χ0) is 13.9. The van der Waals surface area contributed by atoms with Gasteiger partial charge in [-0.05, 0) is 6.07 Å². The minimum absolute atomic E-state index is 0.435. The summed E-state index contributed by atoms with van der Waals surface area (Å²) >= 11 is 0. The van der Waals surface area contributed by atoms with E-state index in [0.29, 0.717) is 11.5 Å². The van der Waals surface area contributed by atoms with Crippen molar-refractivity contribution in [1.29, 1.82) is 0 Å². The average Bonchev–Trinajstić information content (AvgIpc) is 2.38. The van der Waals surface area contributed by atoms with Crippen LogP contribution in [0.2, 0.25) is 0 Å². The first kappa shape index (κ1) is 13.4. The number of allylic oxidation sites excluding steroid dienone is 2. The van der Waals surface area contributed by atoms with Crippen molar-refractivity contribution >= 4 is 21.4 Å². The van der Waals surface area contributed by atoms with Gasteiger partial charge < -0.3 is 0 Å². The van der Waals surface area contributed by atoms with Gasteiger partial charge in [-0.15, -0.1) is 0 Å². The fourth-order valence-electron chi connectivity index (χ4n) is 1.54. The first-order valence-corrected chi connectivity index (χ1v) is 7.05. The second-order valence-corrected chi connectivity index (χ2v) is 5.40. The Kier molecular flexibility index (Phi) is 3.72. The first-order chi connectivity index (χ1) is 8.96. The maximum Gasteiger partial charge on any atom is 0.274 e. The fourth-order valence-corrected chi connectivity index (χ4v) is 2.21. The molecule has 2 N–H and O–H groups in total. The lowest BCUT2D eigenvalue weighted by Gasteiger charge is -2.07. The molecular weight excluding hydrogens is 268 g/mol. The molecule has 7 nitrogen and oxygen atoms in total. The van der Waals surface area contributed by atoms with E-state index in [2.05, 4.69) is 15.4 Å². The fraction of sp³-hybridized carbons (Fsp3) is 0.182. The molecule has 19 heavy (non-hydrogen) atoms. The van der Waals surface area contributed by atoms with Crippen molar-refractivity contribution in [2.45, 2.75) is 6.92 Å². The van der Waals surface area contributed by atoms with Crippen LogP contribution in [0.1, 0.15) is 12.7 Å². The molecule has 2 rings (SSSR count). The van der Waals surface area contributed by atoms with Crippen LogP contribution >= 0.6 is 0 Å². The van der Waals surface area contributed by atoms with E-state index in [-0.39, 0.29) is 0 Å². The molecule has 1 aromatic rings. The Morgan fingerprint density at radius 1 is 1.42 bits per heavy atom. The monoisotopic (exact) mass is 281 g/mol. The van der Waals surface area contributed by atoms with Gasteiger partial charge in [0.2, 0.25) is 11.9 Å². The number of hydrogen-bond donors (Lipinski definition) is 2. The lowest BCUT2D eigenvalue weighted by atomic mass is 10.2. The third-order valence-corrected chi connectivity index (χ3v) is 3.17. The second-order valence-electron chi connectivity index (χ2n) is 3.95. The summed E-state index contributed by atoms with van der Waals surface area (Å²) in [7, 11) is -4.04. The van der Waals surface area contributed by atoms with Crippen LogP contribution in [0, 0.1) is 0 Å². The molecule has 0 fully saturated rings. The molecule has 1 aliphatic rings. The van der Waals surface area contributed by atoms with Gasteiger partial charge in [0.15, 0.2) is 11.6 Å². The van der Waals surface area contributed by atoms with Crippen molar-refractivity contribution in [2.24, 2.45) is 0 Å². The van der Waals surface area contributed by atoms with Crippen molar-refractivity contribution in [3.8, 4) is 0 Å². The van der Waals surface area contributed by atoms with Crippen LogP contribution in [-0.4, -0.2) is 39.1 Å². The van der Waals surface area contributed by atoms with Gasteiger partial charge in [-0.3, -0.25) is 4.55 Å². The number of hydrogen-bond acceptors (Lipinski definition) is 5. The Balaban J connectivity index is 2.17. The molecule has 0 saturated carbocycles. The van der Waals surface area contributed by atoms with Gasteiger partial charge in [0.05, 0.1) is 6.20 Å². The summed E-state index contributed by atoms with van der Waals surface area (Å²) in [5.41, 5.74) is 4.10. The summed E-state index contributed by atoms with van der Waals surface area (Å²) in [6.45, 7) is 1.60. The highest BCUT2D eigenvalue weighted by Gasteiger charge is 2.18. The van der Waals surface area contributed by atoms with Crippen LogP contribution in [-0.2, 0) is 10.1 Å². The zero-order valence-electron chi connectivity index (χ0n) is 10.2. The molecule has 0 unspecified atom stereocenters. The predicted octanol–water partition coefficient (Wildman–Crippen LogP) is 0.211. The predicted molar refractivity (Wildman–Crippen MR) is 69.6 cm³/mol. The number of aromatic nitrogens is 2. The minimum atomic E-state index is -4.04. The van der Waals surface area contributed by atoms with Crippen molar-refractivity contribution in [2.75, 3.05) is 5.75 Å². The van der Waals surface area contributed by atoms with Crippen LogP contribution in [0.3, 0.4) is 0 Å². The van der Waals surface area contributed by atoms with Crippen molar-refractivity contribution < 1.29 is 17.7 Å². The van der Waals surface area contributed by atoms with Crippen LogP contribution in [0.15, 0.2) is 36.9 Å². The minimum Gasteiger partial charge on any atom is -0.285 e. The van der Waals surface area contributed by atoms with E-state index in [9.17, 15) is 8.42 Å². The summed E-state index contributed by atoms with van der Waals surface area (Å²) < 4.78 is 31.9. The smallest absolute Gasteiger partial charge is 0.274 e. The molecule has 100 valence electrons. The Morgan fingerprint density at radius 2 is 2.11 bits per heavy atom. The van der Waals surface area contributed by atoms with Gasteiger partial charge in [-0.2, -0.15) is 13.8 Å². The van der Waals surface area contributed by atoms with E-state index >= 15 is 0 Å². The molecule has 0 bridgehead atoms. The SMILES string of the molecule is CC(CS(=O)(=O)O)=[N+]1C=CC(c2ncccn2)=CN1. The Morgan fingerprint density at radius 3 is 2.63 bits per heavy atom. The maximum absolute atomic E-state index is 10.8. The van der Waals surface area contributed by atoms with E-state index in [4.69, 9.17) is 4.55 Å². The Hall–Kier alpha value is -2.06. The standard InChI is InChI=1S/C11H12N4O3S/c1-9(8-19(16,17)18)15-6-3-10(7-14-15)11-12-4-2-5-13-11/h2-7,14H,8H2,1H3/p+1. The third kappa shape index (κ3) is 3.70. The lowest BCUT2D eigenvalue weighted by Crippen LogP contribution is -2.31. The van der Waals surface area contributed by atoms with Crippen LogP contribution in [0.5, 0.6) is 0 Å². The average molecular weight is 281 g/mol. The molecular formula is C11H13N4O3S+. The van der Waals surface area contributed by atoms with Crippen molar-refractivity contribution in [3.63, 3.8) is 0 Å². The van der Waals surface area contributed by atoms with Gasteiger partial charge in [-0.25, -0.2) is 9.97 Å². The van der Waals surface area contributed by atoms with Crippen molar-refractivity contribution in [1.82, 2.24) is 15.4 Å². The Labute approximate surface area is 110 Å². The van der Waals surface area contributed by atoms with Crippen LogP contribution in [0.4, 0.5) is 0 Å². The van der Waals surface area contributed by atoms with E-state index < -0.39 is 15.9 Å². The van der Waals surface area contributed by atoms with Crippen LogP contribution in [0.25, 0.3) is 5.57 Å². The zero-order valence-corrected chi connectivity index (χ0v) is 11.0. The highest BCUT2D eigenvalue weighted by Crippen LogP contribution is 2.11. The van der Waals surface area contributed by atoms with Crippen molar-refractivity contribution in [3.05, 3.63) is 42.8 Å². The summed E-state index contributed by atoms with van der Waals surface area (Å²) in [6, 6.07) is 1.72. The molecule has 0 saturated heterocycles. The summed E-state index contributed by atoms with van der Waals surface area (Å²) in [5, 5.41) is 0.